The monoisotopic (exact) mass is 1240 g/mol. The van der Waals surface area contributed by atoms with Gasteiger partial charge in [0.1, 0.15) is 60.4 Å². The van der Waals surface area contributed by atoms with E-state index in [-0.39, 0.29) is 38.2 Å². The van der Waals surface area contributed by atoms with Crippen molar-refractivity contribution in [3.05, 3.63) is 35.9 Å². The van der Waals surface area contributed by atoms with Crippen LogP contribution < -0.4 is 81.0 Å². The van der Waals surface area contributed by atoms with Crippen LogP contribution in [0.25, 0.3) is 0 Å². The first-order chi connectivity index (χ1) is 41.5. The molecule has 0 unspecified atom stereocenters. The molecule has 0 saturated carbocycles. The lowest BCUT2D eigenvalue weighted by molar-refractivity contribution is -0.138. The minimum Gasteiger partial charge on any atom is -0.394 e. The number of rotatable bonds is 34. The van der Waals surface area contributed by atoms with Gasteiger partial charge in [0.25, 0.3) is 0 Å². The van der Waals surface area contributed by atoms with E-state index < -0.39 is 193 Å². The van der Waals surface area contributed by atoms with Crippen LogP contribution in [0.4, 0.5) is 0 Å². The summed E-state index contributed by atoms with van der Waals surface area (Å²) in [4.78, 5) is 169. The number of aliphatic hydroxyl groups excluding tert-OH is 2. The number of carbonyl (C=O) groups is 12. The summed E-state index contributed by atoms with van der Waals surface area (Å²) in [5, 5.41) is 52.2. The van der Waals surface area contributed by atoms with Gasteiger partial charge in [-0.05, 0) is 75.8 Å². The summed E-state index contributed by atoms with van der Waals surface area (Å²) >= 11 is 0. The molecule has 0 spiro atoms. The number of guanidine groups is 1. The largest absolute Gasteiger partial charge is 0.394 e. The van der Waals surface area contributed by atoms with Crippen molar-refractivity contribution in [1.29, 1.82) is 0 Å². The highest BCUT2D eigenvalue weighted by atomic mass is 16.3. The van der Waals surface area contributed by atoms with Crippen LogP contribution >= 0.6 is 0 Å². The Labute approximate surface area is 514 Å². The standard InChI is InChI=1S/C58H98N16O14/c1-12-29(5)42-53(84)64-33(9)46(57(88)65-34(10)47(78)66-36(48(79)70-42)22-19-25-63-58(60)61)74-52(83)40(28-76)69-55(86)44(31(7)14-3)73-56(87)45(32(8)15-4)71-49(80)37(23-24-41(59)77)67-51(82)39(27-75)68-54(85)43(30(6)13-2)72-50(81)38(62-11)26-35-20-17-16-18-21-35/h16-18,20-21,29-34,36-40,42-46,62,75-76H,12-15,19,22-28H2,1-11H3,(H2,59,77)(H,64,84)(H,65,88)(H,66,78)(H,67,82)(H,68,85)(H,69,86)(H,70,79)(H,71,80)(H,72,81)(H,73,87)(H,74,83)(H4,60,61,63)/t29-,30-,31-,32-,33+,34-,36-,37+,38+,39-,40-,42-,43-,44-,45+,46+/m0/s1. The number of nitrogens with zero attached hydrogens (tertiary/aromatic N) is 1. The zero-order valence-corrected chi connectivity index (χ0v) is 52.6. The molecule has 20 N–H and O–H groups in total. The van der Waals surface area contributed by atoms with Gasteiger partial charge in [0.05, 0.1) is 25.3 Å². The molecule has 88 heavy (non-hydrogen) atoms. The number of benzene rings is 1. The Bertz CT molecular complexity index is 2560. The molecule has 1 aliphatic rings. The van der Waals surface area contributed by atoms with Gasteiger partial charge in [0.2, 0.25) is 70.9 Å². The first-order valence-corrected chi connectivity index (χ1v) is 30.1. The van der Waals surface area contributed by atoms with Gasteiger partial charge in [-0.3, -0.25) is 62.5 Å². The van der Waals surface area contributed by atoms with Crippen LogP contribution in [-0.2, 0) is 64.0 Å². The molecule has 30 nitrogen and oxygen atoms in total. The summed E-state index contributed by atoms with van der Waals surface area (Å²) in [6, 6.07) is -7.30. The Morgan fingerprint density at radius 2 is 1.05 bits per heavy atom. The number of nitrogens with one attached hydrogen (secondary N) is 12. The molecule has 0 aromatic heterocycles. The summed E-state index contributed by atoms with van der Waals surface area (Å²) in [7, 11) is 1.60. The quantitative estimate of drug-likeness (QED) is 0.0176. The smallest absolute Gasteiger partial charge is 0.245 e. The second-order valence-electron chi connectivity index (χ2n) is 22.6. The lowest BCUT2D eigenvalue weighted by Crippen LogP contribution is -2.64. The SMILES string of the molecule is CC[C@H](C)[C@@H]1NC(=O)[C@H](CCCN=C(N)N)NC(=O)[C@H](C)NC(=O)[C@H](NC(=O)[C@H](CO)NC(=O)[C@@H](NC(=O)[C@H](NC(=O)[C@@H](CCC(N)=O)NC(=O)[C@H](CO)NC(=O)[C@@H](NC(=O)[C@@H](Cc2ccccc2)NC)[C@@H](C)CC)[C@@H](C)CC)[C@@H](C)CC)[C@@H](C)NC1=O. The number of aliphatic hydroxyl groups is 2. The Morgan fingerprint density at radius 1 is 0.568 bits per heavy atom. The molecule has 1 aromatic carbocycles. The lowest BCUT2D eigenvalue weighted by atomic mass is 9.94. The molecule has 0 bridgehead atoms. The first-order valence-electron chi connectivity index (χ1n) is 30.1. The van der Waals surface area contributed by atoms with Crippen molar-refractivity contribution in [3.63, 3.8) is 0 Å². The molecular formula is C58H98N16O14. The zero-order chi connectivity index (χ0) is 66.5. The van der Waals surface area contributed by atoms with Gasteiger partial charge in [-0.2, -0.15) is 0 Å². The van der Waals surface area contributed by atoms with Crippen molar-refractivity contribution in [3.8, 4) is 0 Å². The van der Waals surface area contributed by atoms with E-state index in [1.54, 1.807) is 62.4 Å². The second kappa shape index (κ2) is 38.3. The Hall–Kier alpha value is -7.99. The van der Waals surface area contributed by atoms with Crippen LogP contribution in [0, 0.1) is 23.7 Å². The fraction of sp³-hybridized carbons (Fsp3) is 0.672. The molecule has 30 heteroatoms. The number of aliphatic imine (C=N–C) groups is 1. The molecule has 1 aliphatic heterocycles. The van der Waals surface area contributed by atoms with Gasteiger partial charge < -0.3 is 91.2 Å². The highest BCUT2D eigenvalue weighted by Crippen LogP contribution is 2.16. The maximum absolute atomic E-state index is 14.4. The summed E-state index contributed by atoms with van der Waals surface area (Å²) in [6.45, 7) is 14.4. The first kappa shape index (κ1) is 76.1. The van der Waals surface area contributed by atoms with E-state index in [1.807, 2.05) is 30.3 Å². The normalized spacial score (nSPS) is 21.0. The van der Waals surface area contributed by atoms with Crippen LogP contribution in [0.5, 0.6) is 0 Å². The van der Waals surface area contributed by atoms with E-state index >= 15 is 0 Å². The molecule has 0 aliphatic carbocycles. The molecule has 1 saturated heterocycles. The van der Waals surface area contributed by atoms with Gasteiger partial charge in [0.15, 0.2) is 5.96 Å². The van der Waals surface area contributed by atoms with Crippen molar-refractivity contribution in [2.24, 2.45) is 45.9 Å². The van der Waals surface area contributed by atoms with E-state index in [9.17, 15) is 67.7 Å². The van der Waals surface area contributed by atoms with E-state index in [4.69, 9.17) is 17.2 Å². The van der Waals surface area contributed by atoms with Gasteiger partial charge >= 0.3 is 0 Å². The second-order valence-corrected chi connectivity index (χ2v) is 22.6. The lowest BCUT2D eigenvalue weighted by Gasteiger charge is -2.32. The highest BCUT2D eigenvalue weighted by Gasteiger charge is 2.40. The minimum atomic E-state index is -1.80. The van der Waals surface area contributed by atoms with Crippen LogP contribution in [0.3, 0.4) is 0 Å². The third-order valence-corrected chi connectivity index (χ3v) is 15.8. The van der Waals surface area contributed by atoms with Crippen molar-refractivity contribution in [1.82, 2.24) is 63.8 Å². The summed E-state index contributed by atoms with van der Waals surface area (Å²) in [5.74, 6) is -12.9. The van der Waals surface area contributed by atoms with Crippen molar-refractivity contribution >= 4 is 76.8 Å². The molecule has 1 heterocycles. The number of amides is 12. The van der Waals surface area contributed by atoms with Gasteiger partial charge in [-0.15, -0.1) is 0 Å². The molecule has 2 rings (SSSR count). The fourth-order valence-corrected chi connectivity index (χ4v) is 9.23. The molecule has 0 radical (unpaired) electrons. The Balaban J connectivity index is 2.41. The number of likely N-dealkylation sites (N-methyl/N-ethyl adjacent to an activating group) is 1. The third-order valence-electron chi connectivity index (χ3n) is 15.8. The van der Waals surface area contributed by atoms with E-state index in [0.717, 1.165) is 5.56 Å². The highest BCUT2D eigenvalue weighted by molar-refractivity contribution is 6.00. The topological polar surface area (TPSA) is 480 Å². The summed E-state index contributed by atoms with van der Waals surface area (Å²) in [6.07, 6.45) is 1.09. The predicted molar refractivity (Wildman–Crippen MR) is 326 cm³/mol. The van der Waals surface area contributed by atoms with Gasteiger partial charge in [-0.1, -0.05) is 111 Å². The Morgan fingerprint density at radius 3 is 1.52 bits per heavy atom. The zero-order valence-electron chi connectivity index (χ0n) is 52.6. The molecule has 1 fully saturated rings. The molecule has 12 amide bonds. The van der Waals surface area contributed by atoms with Crippen molar-refractivity contribution in [2.45, 2.75) is 200 Å². The number of hydrogen-bond donors (Lipinski definition) is 17. The van der Waals surface area contributed by atoms with Crippen LogP contribution in [0.1, 0.15) is 126 Å². The number of hydrogen-bond acceptors (Lipinski definition) is 16. The van der Waals surface area contributed by atoms with Crippen LogP contribution in [0.2, 0.25) is 0 Å². The molecular weight excluding hydrogens is 1140 g/mol. The van der Waals surface area contributed by atoms with Gasteiger partial charge in [-0.25, -0.2) is 0 Å². The van der Waals surface area contributed by atoms with E-state index in [1.165, 1.54) is 13.8 Å². The molecule has 16 atom stereocenters. The molecule has 494 valence electrons. The van der Waals surface area contributed by atoms with E-state index in [2.05, 4.69) is 68.8 Å². The summed E-state index contributed by atoms with van der Waals surface area (Å²) < 4.78 is 0. The predicted octanol–water partition coefficient (Wildman–Crippen LogP) is -4.31. The average Bonchev–Trinajstić information content (AvgIpc) is 3.14. The number of carbonyl (C=O) groups excluding carboxylic acids is 12. The van der Waals surface area contributed by atoms with E-state index in [0.29, 0.717) is 19.3 Å². The van der Waals surface area contributed by atoms with Gasteiger partial charge in [0, 0.05) is 13.0 Å². The third kappa shape index (κ3) is 24.3. The number of nitrogens with two attached hydrogens (primary N) is 3. The van der Waals surface area contributed by atoms with Crippen LogP contribution in [0.15, 0.2) is 35.3 Å². The fourth-order valence-electron chi connectivity index (χ4n) is 9.23. The minimum absolute atomic E-state index is 0.0444. The maximum atomic E-state index is 14.4. The Kier molecular flexibility index (Phi) is 33.1. The van der Waals surface area contributed by atoms with Crippen molar-refractivity contribution < 1.29 is 67.7 Å². The van der Waals surface area contributed by atoms with Crippen molar-refractivity contribution in [2.75, 3.05) is 26.8 Å². The maximum Gasteiger partial charge on any atom is 0.245 e. The molecule has 1 aromatic rings. The number of primary amides is 1. The summed E-state index contributed by atoms with van der Waals surface area (Å²) in [5.41, 5.74) is 17.2. The average molecular weight is 1240 g/mol. The van der Waals surface area contributed by atoms with Crippen LogP contribution in [-0.4, -0.2) is 186 Å².